The Kier molecular flexibility index (Phi) is 5.99. The minimum absolute atomic E-state index is 0.0479. The predicted molar refractivity (Wildman–Crippen MR) is 101 cm³/mol. The molecule has 0 radical (unpaired) electrons. The highest BCUT2D eigenvalue weighted by Gasteiger charge is 2.39. The van der Waals surface area contributed by atoms with E-state index in [2.05, 4.69) is 5.10 Å². The van der Waals surface area contributed by atoms with Crippen LogP contribution >= 0.6 is 11.6 Å². The van der Waals surface area contributed by atoms with E-state index < -0.39 is 30.5 Å². The number of hydrogen-bond donors (Lipinski definition) is 2. The summed E-state index contributed by atoms with van der Waals surface area (Å²) in [6, 6.07) is 11.6. The standard InChI is InChI=1S/C19H15ClF3N3O4/c20-14-7-5-12(6-8-14)16-24-26(9-11-1-3-13(4-2-11)17(28)29)18(30)25(16)10-15(27)19(21,22)23/h1-8,15,27H,9-10H2,(H,28,29). The smallest absolute Gasteiger partial charge is 0.416 e. The first-order valence-corrected chi connectivity index (χ1v) is 8.94. The molecular formula is C19H15ClF3N3O4. The number of hydrogen-bond acceptors (Lipinski definition) is 4. The van der Waals surface area contributed by atoms with Crippen LogP contribution in [0.1, 0.15) is 15.9 Å². The van der Waals surface area contributed by atoms with Crippen LogP contribution in [0.2, 0.25) is 5.02 Å². The maximum atomic E-state index is 12.9. The average molecular weight is 442 g/mol. The second-order valence-electron chi connectivity index (χ2n) is 6.44. The van der Waals surface area contributed by atoms with Crippen molar-refractivity contribution in [1.29, 1.82) is 0 Å². The van der Waals surface area contributed by atoms with E-state index in [0.29, 0.717) is 16.1 Å². The lowest BCUT2D eigenvalue weighted by Gasteiger charge is -2.15. The van der Waals surface area contributed by atoms with Gasteiger partial charge in [-0.25, -0.2) is 14.3 Å². The zero-order chi connectivity index (χ0) is 22.1. The number of rotatable bonds is 6. The van der Waals surface area contributed by atoms with Gasteiger partial charge in [0.2, 0.25) is 0 Å². The molecule has 0 saturated heterocycles. The van der Waals surface area contributed by atoms with Crippen molar-refractivity contribution in [3.63, 3.8) is 0 Å². The van der Waals surface area contributed by atoms with Gasteiger partial charge in [-0.3, -0.25) is 4.57 Å². The van der Waals surface area contributed by atoms with E-state index in [9.17, 15) is 27.9 Å². The van der Waals surface area contributed by atoms with Gasteiger partial charge in [0.15, 0.2) is 11.9 Å². The second kappa shape index (κ2) is 8.33. The van der Waals surface area contributed by atoms with E-state index in [1.54, 1.807) is 0 Å². The summed E-state index contributed by atoms with van der Waals surface area (Å²) < 4.78 is 40.2. The number of alkyl halides is 3. The van der Waals surface area contributed by atoms with Crippen LogP contribution in [0.4, 0.5) is 13.2 Å². The normalized spacial score (nSPS) is 12.7. The Morgan fingerprint density at radius 1 is 1.10 bits per heavy atom. The van der Waals surface area contributed by atoms with Crippen molar-refractivity contribution < 1.29 is 28.2 Å². The van der Waals surface area contributed by atoms with Crippen LogP contribution in [-0.2, 0) is 13.1 Å². The molecule has 0 aliphatic carbocycles. The average Bonchev–Trinajstić information content (AvgIpc) is 2.98. The van der Waals surface area contributed by atoms with Crippen LogP contribution in [0, 0.1) is 0 Å². The molecule has 0 spiro atoms. The van der Waals surface area contributed by atoms with Gasteiger partial charge in [0.05, 0.1) is 18.7 Å². The summed E-state index contributed by atoms with van der Waals surface area (Å²) in [6.07, 6.45) is -7.67. The fraction of sp³-hybridized carbons (Fsp3) is 0.211. The van der Waals surface area contributed by atoms with Gasteiger partial charge in [-0.2, -0.15) is 13.2 Å². The first-order chi connectivity index (χ1) is 14.1. The fourth-order valence-electron chi connectivity index (χ4n) is 2.72. The highest BCUT2D eigenvalue weighted by molar-refractivity contribution is 6.30. The van der Waals surface area contributed by atoms with Gasteiger partial charge >= 0.3 is 17.8 Å². The van der Waals surface area contributed by atoms with Crippen molar-refractivity contribution in [1.82, 2.24) is 14.3 Å². The molecule has 7 nitrogen and oxygen atoms in total. The number of benzene rings is 2. The maximum Gasteiger partial charge on any atom is 0.416 e. The van der Waals surface area contributed by atoms with Crippen LogP contribution in [-0.4, -0.2) is 42.8 Å². The molecule has 30 heavy (non-hydrogen) atoms. The van der Waals surface area contributed by atoms with Crippen LogP contribution < -0.4 is 5.69 Å². The number of carboxylic acid groups (broad SMARTS) is 1. The minimum Gasteiger partial charge on any atom is -0.478 e. The lowest BCUT2D eigenvalue weighted by atomic mass is 10.1. The van der Waals surface area contributed by atoms with Crippen LogP contribution in [0.25, 0.3) is 11.4 Å². The number of carbonyl (C=O) groups is 1. The summed E-state index contributed by atoms with van der Waals surface area (Å²) in [7, 11) is 0. The van der Waals surface area contributed by atoms with Crippen molar-refractivity contribution >= 4 is 17.6 Å². The lowest BCUT2D eigenvalue weighted by Crippen LogP contribution is -2.37. The number of aliphatic hydroxyl groups is 1. The zero-order valence-electron chi connectivity index (χ0n) is 15.2. The molecule has 0 amide bonds. The van der Waals surface area contributed by atoms with E-state index >= 15 is 0 Å². The Hall–Kier alpha value is -3.11. The Labute approximate surface area is 172 Å². The van der Waals surface area contributed by atoms with Gasteiger partial charge in [-0.15, -0.1) is 5.10 Å². The Bertz CT molecular complexity index is 1110. The molecule has 0 bridgehead atoms. The van der Waals surface area contributed by atoms with Crippen LogP contribution in [0.15, 0.2) is 53.3 Å². The van der Waals surface area contributed by atoms with Gasteiger partial charge in [0, 0.05) is 10.6 Å². The fourth-order valence-corrected chi connectivity index (χ4v) is 2.85. The third-order valence-corrected chi connectivity index (χ3v) is 4.54. The topological polar surface area (TPSA) is 97.3 Å². The molecule has 1 unspecified atom stereocenters. The van der Waals surface area contributed by atoms with Gasteiger partial charge < -0.3 is 10.2 Å². The summed E-state index contributed by atoms with van der Waals surface area (Å²) in [5.74, 6) is -1.18. The van der Waals surface area contributed by atoms with Crippen molar-refractivity contribution in [3.05, 3.63) is 75.2 Å². The SMILES string of the molecule is O=C(O)c1ccc(Cn2nc(-c3ccc(Cl)cc3)n(CC(O)C(F)(F)F)c2=O)cc1. The summed E-state index contributed by atoms with van der Waals surface area (Å²) in [6.45, 7) is -1.13. The molecule has 158 valence electrons. The molecule has 3 rings (SSSR count). The molecule has 0 saturated carbocycles. The largest absolute Gasteiger partial charge is 0.478 e. The summed E-state index contributed by atoms with van der Waals surface area (Å²) >= 11 is 5.84. The molecule has 1 aromatic heterocycles. The van der Waals surface area contributed by atoms with Crippen molar-refractivity contribution in [2.75, 3.05) is 0 Å². The monoisotopic (exact) mass is 441 g/mol. The van der Waals surface area contributed by atoms with E-state index in [4.69, 9.17) is 16.7 Å². The molecular weight excluding hydrogens is 427 g/mol. The molecule has 0 aliphatic rings. The predicted octanol–water partition coefficient (Wildman–Crippen LogP) is 3.03. The van der Waals surface area contributed by atoms with E-state index in [1.807, 2.05) is 0 Å². The second-order valence-corrected chi connectivity index (χ2v) is 6.88. The first kappa shape index (κ1) is 21.6. The van der Waals surface area contributed by atoms with Gasteiger partial charge in [0.25, 0.3) is 0 Å². The highest BCUT2D eigenvalue weighted by Crippen LogP contribution is 2.24. The van der Waals surface area contributed by atoms with Crippen LogP contribution in [0.3, 0.4) is 0 Å². The summed E-state index contributed by atoms with van der Waals surface area (Å²) in [4.78, 5) is 23.7. The summed E-state index contributed by atoms with van der Waals surface area (Å²) in [5, 5.41) is 22.9. The molecule has 0 aliphatic heterocycles. The molecule has 0 fully saturated rings. The maximum absolute atomic E-state index is 12.9. The molecule has 3 aromatic rings. The molecule has 11 heteroatoms. The van der Waals surface area contributed by atoms with E-state index in [-0.39, 0.29) is 17.9 Å². The third-order valence-electron chi connectivity index (χ3n) is 4.29. The molecule has 1 heterocycles. The number of nitrogens with zero attached hydrogens (tertiary/aromatic N) is 3. The Morgan fingerprint density at radius 3 is 2.23 bits per heavy atom. The summed E-state index contributed by atoms with van der Waals surface area (Å²) in [5.41, 5.74) is 0.0500. The van der Waals surface area contributed by atoms with Crippen LogP contribution in [0.5, 0.6) is 0 Å². The minimum atomic E-state index is -4.91. The number of carboxylic acids is 1. The van der Waals surface area contributed by atoms with Crippen molar-refractivity contribution in [3.8, 4) is 11.4 Å². The van der Waals surface area contributed by atoms with E-state index in [1.165, 1.54) is 48.5 Å². The van der Waals surface area contributed by atoms with Crippen molar-refractivity contribution in [2.24, 2.45) is 0 Å². The van der Waals surface area contributed by atoms with Gasteiger partial charge in [0.1, 0.15) is 0 Å². The zero-order valence-corrected chi connectivity index (χ0v) is 15.9. The lowest BCUT2D eigenvalue weighted by molar-refractivity contribution is -0.207. The van der Waals surface area contributed by atoms with Gasteiger partial charge in [-0.05, 0) is 42.0 Å². The van der Waals surface area contributed by atoms with Crippen molar-refractivity contribution in [2.45, 2.75) is 25.4 Å². The Balaban J connectivity index is 2.01. The number of aromatic carboxylic acids is 1. The third kappa shape index (κ3) is 4.71. The quantitative estimate of drug-likeness (QED) is 0.613. The number of aliphatic hydroxyl groups excluding tert-OH is 1. The number of halogens is 4. The molecule has 1 atom stereocenters. The molecule has 2 aromatic carbocycles. The highest BCUT2D eigenvalue weighted by atomic mass is 35.5. The van der Waals surface area contributed by atoms with E-state index in [0.717, 1.165) is 9.25 Å². The first-order valence-electron chi connectivity index (χ1n) is 8.57. The Morgan fingerprint density at radius 2 is 1.70 bits per heavy atom. The molecule has 2 N–H and O–H groups in total. The number of aromatic nitrogens is 3. The van der Waals surface area contributed by atoms with Gasteiger partial charge in [-0.1, -0.05) is 23.7 Å².